The first-order chi connectivity index (χ1) is 9.95. The van der Waals surface area contributed by atoms with E-state index in [1.54, 1.807) is 14.2 Å². The van der Waals surface area contributed by atoms with Gasteiger partial charge in [-0.3, -0.25) is 0 Å². The van der Waals surface area contributed by atoms with Crippen LogP contribution in [-0.2, 0) is 0 Å². The molecule has 4 heteroatoms. The Hall–Kier alpha value is -1.29. The predicted molar refractivity (Wildman–Crippen MR) is 78.9 cm³/mol. The Balaban J connectivity index is 1.90. The van der Waals surface area contributed by atoms with E-state index in [0.29, 0.717) is 19.3 Å². The second-order valence-electron chi connectivity index (χ2n) is 7.24. The Labute approximate surface area is 124 Å². The molecule has 2 N–H and O–H groups in total. The molecule has 3 nitrogen and oxygen atoms in total. The molecule has 2 saturated carbocycles. The SMILES string of the molecule is COc1cc2c(cc1OC)C1CC3(N)CC2CC(F)(C1)C3. The molecule has 114 valence electrons. The fraction of sp³-hybridized carbons (Fsp3) is 0.647. The number of benzene rings is 1. The molecule has 0 spiro atoms. The van der Waals surface area contributed by atoms with Gasteiger partial charge in [0, 0.05) is 5.54 Å². The standard InChI is InChI=1S/C17H22FNO2/c1-20-14-3-12-10-5-16(18)6-11(8-17(19,7-10)9-16)13(12)4-15(14)21-2/h3-4,10-11H,5-9,19H2,1-2H3. The van der Waals surface area contributed by atoms with Crippen LogP contribution in [0.15, 0.2) is 12.1 Å². The summed E-state index contributed by atoms with van der Waals surface area (Å²) in [7, 11) is 3.29. The van der Waals surface area contributed by atoms with Gasteiger partial charge in [0.15, 0.2) is 11.5 Å². The van der Waals surface area contributed by atoms with Crippen LogP contribution in [0.25, 0.3) is 0 Å². The molecule has 4 aliphatic rings. The average Bonchev–Trinajstić information content (AvgIpc) is 2.55. The first kappa shape index (κ1) is 13.4. The summed E-state index contributed by atoms with van der Waals surface area (Å²) in [6.45, 7) is 0. The van der Waals surface area contributed by atoms with Gasteiger partial charge in [-0.25, -0.2) is 4.39 Å². The van der Waals surface area contributed by atoms with Crippen LogP contribution >= 0.6 is 0 Å². The van der Waals surface area contributed by atoms with Gasteiger partial charge < -0.3 is 15.2 Å². The van der Waals surface area contributed by atoms with Gasteiger partial charge in [-0.05, 0) is 67.2 Å². The highest BCUT2D eigenvalue weighted by molar-refractivity contribution is 5.52. The summed E-state index contributed by atoms with van der Waals surface area (Å²) in [5.74, 6) is 1.88. The lowest BCUT2D eigenvalue weighted by Crippen LogP contribution is -2.55. The predicted octanol–water partition coefficient (Wildman–Crippen LogP) is 3.27. The van der Waals surface area contributed by atoms with Crippen LogP contribution < -0.4 is 15.2 Å². The van der Waals surface area contributed by atoms with Crippen molar-refractivity contribution in [1.82, 2.24) is 0 Å². The number of methoxy groups -OCH3 is 2. The summed E-state index contributed by atoms with van der Waals surface area (Å²) in [5.41, 5.74) is 7.53. The first-order valence-corrected chi connectivity index (χ1v) is 7.69. The van der Waals surface area contributed by atoms with Gasteiger partial charge in [-0.15, -0.1) is 0 Å². The Morgan fingerprint density at radius 3 is 1.86 bits per heavy atom. The highest BCUT2D eigenvalue weighted by atomic mass is 19.1. The molecule has 2 atom stereocenters. The molecule has 5 rings (SSSR count). The summed E-state index contributed by atoms with van der Waals surface area (Å²) in [6, 6.07) is 4.10. The summed E-state index contributed by atoms with van der Waals surface area (Å²) in [4.78, 5) is 0. The number of alkyl halides is 1. The van der Waals surface area contributed by atoms with Gasteiger partial charge in [-0.1, -0.05) is 0 Å². The monoisotopic (exact) mass is 291 g/mol. The van der Waals surface area contributed by atoms with Gasteiger partial charge in [0.1, 0.15) is 5.67 Å². The lowest BCUT2D eigenvalue weighted by molar-refractivity contribution is 0.00316. The number of halogens is 1. The third-order valence-electron chi connectivity index (χ3n) is 5.67. The topological polar surface area (TPSA) is 44.5 Å². The fourth-order valence-electron chi connectivity index (χ4n) is 5.15. The maximum absolute atomic E-state index is 15.2. The molecule has 1 aromatic carbocycles. The van der Waals surface area contributed by atoms with Crippen molar-refractivity contribution >= 4 is 0 Å². The minimum absolute atomic E-state index is 0.205. The summed E-state index contributed by atoms with van der Waals surface area (Å²) >= 11 is 0. The van der Waals surface area contributed by atoms with Crippen molar-refractivity contribution in [3.63, 3.8) is 0 Å². The number of hydrogen-bond acceptors (Lipinski definition) is 3. The van der Waals surface area contributed by atoms with Crippen LogP contribution in [-0.4, -0.2) is 25.4 Å². The van der Waals surface area contributed by atoms with E-state index in [-0.39, 0.29) is 17.4 Å². The van der Waals surface area contributed by atoms with Gasteiger partial charge in [0.05, 0.1) is 14.2 Å². The minimum Gasteiger partial charge on any atom is -0.493 e. The average molecular weight is 291 g/mol. The molecule has 0 aromatic heterocycles. The molecule has 0 saturated heterocycles. The van der Waals surface area contributed by atoms with E-state index in [4.69, 9.17) is 15.2 Å². The fourth-order valence-corrected chi connectivity index (χ4v) is 5.15. The van der Waals surface area contributed by atoms with E-state index in [1.807, 2.05) is 0 Å². The van der Waals surface area contributed by atoms with Crippen molar-refractivity contribution in [3.05, 3.63) is 23.3 Å². The van der Waals surface area contributed by atoms with Crippen LogP contribution in [0.5, 0.6) is 11.5 Å². The molecule has 2 unspecified atom stereocenters. The largest absolute Gasteiger partial charge is 0.493 e. The quantitative estimate of drug-likeness (QED) is 0.909. The molecule has 4 aliphatic carbocycles. The molecule has 1 aromatic rings. The van der Waals surface area contributed by atoms with Gasteiger partial charge in [-0.2, -0.15) is 0 Å². The van der Waals surface area contributed by atoms with Crippen LogP contribution in [0.1, 0.15) is 55.1 Å². The molecule has 0 heterocycles. The zero-order chi connectivity index (χ0) is 14.8. The van der Waals surface area contributed by atoms with Crippen LogP contribution in [0.2, 0.25) is 0 Å². The molecule has 4 bridgehead atoms. The van der Waals surface area contributed by atoms with Crippen molar-refractivity contribution in [2.75, 3.05) is 14.2 Å². The van der Waals surface area contributed by atoms with Gasteiger partial charge >= 0.3 is 0 Å². The highest BCUT2D eigenvalue weighted by Gasteiger charge is 2.56. The van der Waals surface area contributed by atoms with Crippen molar-refractivity contribution < 1.29 is 13.9 Å². The van der Waals surface area contributed by atoms with Crippen molar-refractivity contribution in [1.29, 1.82) is 0 Å². The first-order valence-electron chi connectivity index (χ1n) is 7.69. The van der Waals surface area contributed by atoms with Crippen molar-refractivity contribution in [2.24, 2.45) is 5.73 Å². The Bertz CT molecular complexity index is 538. The summed E-state index contributed by atoms with van der Waals surface area (Å²) < 4.78 is 26.0. The lowest BCUT2D eigenvalue weighted by atomic mass is 9.61. The number of rotatable bonds is 2. The van der Waals surface area contributed by atoms with Gasteiger partial charge in [0.25, 0.3) is 0 Å². The number of hydrogen-bond donors (Lipinski definition) is 1. The number of ether oxygens (including phenoxy) is 2. The highest BCUT2D eigenvalue weighted by Crippen LogP contribution is 2.60. The summed E-state index contributed by atoms with van der Waals surface area (Å²) in [5, 5.41) is 0. The minimum atomic E-state index is -1.10. The molecular weight excluding hydrogens is 269 g/mol. The van der Waals surface area contributed by atoms with Crippen LogP contribution in [0.3, 0.4) is 0 Å². The third kappa shape index (κ3) is 1.88. The molecular formula is C17H22FNO2. The van der Waals surface area contributed by atoms with Crippen molar-refractivity contribution in [3.8, 4) is 11.5 Å². The summed E-state index contributed by atoms with van der Waals surface area (Å²) in [6.07, 6.45) is 3.50. The smallest absolute Gasteiger partial charge is 0.161 e. The van der Waals surface area contributed by atoms with Crippen LogP contribution in [0.4, 0.5) is 4.39 Å². The van der Waals surface area contributed by atoms with Crippen LogP contribution in [0, 0.1) is 0 Å². The normalized spacial score (nSPS) is 39.8. The van der Waals surface area contributed by atoms with E-state index < -0.39 is 5.67 Å². The zero-order valence-corrected chi connectivity index (χ0v) is 12.6. The maximum atomic E-state index is 15.2. The van der Waals surface area contributed by atoms with E-state index >= 15 is 4.39 Å². The van der Waals surface area contributed by atoms with E-state index in [1.165, 1.54) is 11.1 Å². The zero-order valence-electron chi connectivity index (χ0n) is 12.6. The number of nitrogens with two attached hydrogens (primary N) is 1. The second kappa shape index (κ2) is 4.13. The Morgan fingerprint density at radius 1 is 1.00 bits per heavy atom. The lowest BCUT2D eigenvalue weighted by Gasteiger charge is -2.49. The van der Waals surface area contributed by atoms with Gasteiger partial charge in [0.2, 0.25) is 0 Å². The molecule has 0 radical (unpaired) electrons. The Kier molecular flexibility index (Phi) is 2.63. The molecule has 0 amide bonds. The maximum Gasteiger partial charge on any atom is 0.161 e. The molecule has 2 fully saturated rings. The van der Waals surface area contributed by atoms with Crippen molar-refractivity contribution in [2.45, 2.75) is 55.1 Å². The second-order valence-corrected chi connectivity index (χ2v) is 7.24. The molecule has 21 heavy (non-hydrogen) atoms. The Morgan fingerprint density at radius 2 is 1.48 bits per heavy atom. The van der Waals surface area contributed by atoms with E-state index in [2.05, 4.69) is 12.1 Å². The third-order valence-corrected chi connectivity index (χ3v) is 5.67. The van der Waals surface area contributed by atoms with E-state index in [9.17, 15) is 0 Å². The molecule has 0 aliphatic heterocycles. The van der Waals surface area contributed by atoms with E-state index in [0.717, 1.165) is 24.3 Å².